The number of hydrogen-bond acceptors (Lipinski definition) is 2. The quantitative estimate of drug-likeness (QED) is 0.452. The van der Waals surface area contributed by atoms with Crippen LogP contribution in [0.3, 0.4) is 0 Å². The lowest BCUT2D eigenvalue weighted by Gasteiger charge is -2.73. The third-order valence-corrected chi connectivity index (χ3v) is 13.6. The van der Waals surface area contributed by atoms with E-state index in [1.807, 2.05) is 0 Å². The Kier molecular flexibility index (Phi) is 5.19. The van der Waals surface area contributed by atoms with Crippen molar-refractivity contribution in [2.24, 2.45) is 56.7 Å². The predicted molar refractivity (Wildman–Crippen MR) is 132 cm³/mol. The van der Waals surface area contributed by atoms with Crippen LogP contribution in [0.2, 0.25) is 0 Å². The van der Waals surface area contributed by atoms with E-state index >= 15 is 0 Å². The summed E-state index contributed by atoms with van der Waals surface area (Å²) in [7, 11) is 0. The highest BCUT2D eigenvalue weighted by Gasteiger charge is 2.70. The maximum atomic E-state index is 10.9. The molecule has 0 radical (unpaired) electrons. The molecule has 5 saturated carbocycles. The van der Waals surface area contributed by atoms with Gasteiger partial charge in [0.15, 0.2) is 0 Å². The average molecular weight is 443 g/mol. The molecule has 2 nitrogen and oxygen atoms in total. The van der Waals surface area contributed by atoms with Crippen molar-refractivity contribution < 1.29 is 10.2 Å². The Morgan fingerprint density at radius 2 is 1.50 bits per heavy atom. The van der Waals surface area contributed by atoms with Crippen LogP contribution >= 0.6 is 0 Å². The normalized spacial score (nSPS) is 56.5. The zero-order valence-electron chi connectivity index (χ0n) is 21.8. The highest BCUT2D eigenvalue weighted by molar-refractivity contribution is 5.21. The van der Waals surface area contributed by atoms with Crippen molar-refractivity contribution in [3.63, 3.8) is 0 Å². The maximum Gasteiger partial charge on any atom is 0.0641 e. The minimum Gasteiger partial charge on any atom is -0.393 e. The summed E-state index contributed by atoms with van der Waals surface area (Å²) in [5.41, 5.74) is 2.70. The number of rotatable bonds is 2. The molecule has 0 aliphatic heterocycles. The van der Waals surface area contributed by atoms with Gasteiger partial charge in [0.1, 0.15) is 0 Å². The van der Waals surface area contributed by atoms with E-state index < -0.39 is 0 Å². The third-order valence-electron chi connectivity index (χ3n) is 13.6. The van der Waals surface area contributed by atoms with Gasteiger partial charge >= 0.3 is 0 Å². The Labute approximate surface area is 197 Å². The van der Waals surface area contributed by atoms with Gasteiger partial charge in [-0.1, -0.05) is 48.1 Å². The van der Waals surface area contributed by atoms with Crippen LogP contribution in [0.4, 0.5) is 0 Å². The molecule has 0 saturated heterocycles. The fourth-order valence-corrected chi connectivity index (χ4v) is 11.5. The topological polar surface area (TPSA) is 40.5 Å². The Morgan fingerprint density at radius 1 is 0.781 bits per heavy atom. The van der Waals surface area contributed by atoms with Gasteiger partial charge in [0, 0.05) is 0 Å². The van der Waals surface area contributed by atoms with E-state index in [4.69, 9.17) is 0 Å². The second-order valence-corrected chi connectivity index (χ2v) is 14.7. The van der Waals surface area contributed by atoms with Crippen LogP contribution in [0.15, 0.2) is 12.2 Å². The lowest BCUT2D eigenvalue weighted by Crippen LogP contribution is -2.66. The van der Waals surface area contributed by atoms with Crippen molar-refractivity contribution in [2.75, 3.05) is 6.61 Å². The molecule has 5 aliphatic carbocycles. The number of fused-ring (bicyclic) bond motifs is 7. The van der Waals surface area contributed by atoms with Crippen molar-refractivity contribution in [2.45, 2.75) is 112 Å². The predicted octanol–water partition coefficient (Wildman–Crippen LogP) is 7.00. The molecule has 0 spiro atoms. The maximum absolute atomic E-state index is 10.9. The standard InChI is InChI=1S/C30H50O2/c1-19(18-31)20-10-13-27(4)16-17-29(6)21(25(20)27)8-9-23-28(5)14-12-24(32)26(2,3)22(28)11-15-30(23,29)7/h20-25,31-32H,1,8-18H2,2-7H3/t20?,21-,22+,23-,24?,25-,27-,28+,29-,30-/m1/s1. The molecule has 0 aromatic carbocycles. The summed E-state index contributed by atoms with van der Waals surface area (Å²) >= 11 is 0. The molecule has 5 rings (SSSR count). The molecular formula is C30H50O2. The molecule has 10 atom stereocenters. The number of hydrogen-bond donors (Lipinski definition) is 2. The second-order valence-electron chi connectivity index (χ2n) is 14.7. The number of aliphatic hydroxyl groups excluding tert-OH is 2. The first-order chi connectivity index (χ1) is 14.8. The fourth-order valence-electron chi connectivity index (χ4n) is 11.5. The Morgan fingerprint density at radius 3 is 2.19 bits per heavy atom. The summed E-state index contributed by atoms with van der Waals surface area (Å²) in [5, 5.41) is 20.9. The second kappa shape index (κ2) is 7.09. The van der Waals surface area contributed by atoms with Gasteiger partial charge in [-0.15, -0.1) is 0 Å². The van der Waals surface area contributed by atoms with Gasteiger partial charge in [0.25, 0.3) is 0 Å². The lowest BCUT2D eigenvalue weighted by molar-refractivity contribution is -0.246. The van der Waals surface area contributed by atoms with Gasteiger partial charge < -0.3 is 10.2 Å². The van der Waals surface area contributed by atoms with E-state index in [0.717, 1.165) is 23.8 Å². The Balaban J connectivity index is 1.53. The van der Waals surface area contributed by atoms with Crippen molar-refractivity contribution in [1.29, 1.82) is 0 Å². The van der Waals surface area contributed by atoms with Crippen LogP contribution in [-0.4, -0.2) is 22.9 Å². The van der Waals surface area contributed by atoms with Crippen LogP contribution in [0, 0.1) is 56.7 Å². The van der Waals surface area contributed by atoms with E-state index in [2.05, 4.69) is 48.1 Å². The van der Waals surface area contributed by atoms with Gasteiger partial charge in [-0.05, 0) is 126 Å². The SMILES string of the molecule is C=C(CO)C1CC[C@]2(C)CC[C@]3(C)[C@H](CC[C@@H]4[C@@]5(C)CCC(O)C(C)(C)[C@@H]5CC[C@]43C)[C@@H]12. The zero-order chi connectivity index (χ0) is 23.3. The molecule has 0 amide bonds. The summed E-state index contributed by atoms with van der Waals surface area (Å²) in [5.74, 6) is 3.39. The molecule has 2 heteroatoms. The van der Waals surface area contributed by atoms with Gasteiger partial charge in [0.2, 0.25) is 0 Å². The Bertz CT molecular complexity index is 786. The first-order valence-electron chi connectivity index (χ1n) is 13.8. The molecule has 0 aromatic heterocycles. The van der Waals surface area contributed by atoms with E-state index in [1.54, 1.807) is 0 Å². The molecule has 0 aromatic rings. The molecule has 0 heterocycles. The van der Waals surface area contributed by atoms with E-state index in [0.29, 0.717) is 39.4 Å². The fraction of sp³-hybridized carbons (Fsp3) is 0.933. The molecule has 0 bridgehead atoms. The van der Waals surface area contributed by atoms with Crippen LogP contribution in [0.25, 0.3) is 0 Å². The van der Waals surface area contributed by atoms with E-state index in [9.17, 15) is 10.2 Å². The van der Waals surface area contributed by atoms with Crippen LogP contribution in [-0.2, 0) is 0 Å². The minimum atomic E-state index is -0.143. The van der Waals surface area contributed by atoms with Crippen molar-refractivity contribution in [3.8, 4) is 0 Å². The number of aliphatic hydroxyl groups is 2. The van der Waals surface area contributed by atoms with Gasteiger partial charge in [-0.3, -0.25) is 0 Å². The molecule has 32 heavy (non-hydrogen) atoms. The molecule has 2 unspecified atom stereocenters. The first-order valence-corrected chi connectivity index (χ1v) is 13.8. The van der Waals surface area contributed by atoms with Gasteiger partial charge in [-0.25, -0.2) is 0 Å². The molecule has 2 N–H and O–H groups in total. The van der Waals surface area contributed by atoms with Gasteiger partial charge in [-0.2, -0.15) is 0 Å². The van der Waals surface area contributed by atoms with Crippen molar-refractivity contribution >= 4 is 0 Å². The van der Waals surface area contributed by atoms with E-state index in [-0.39, 0.29) is 18.1 Å². The van der Waals surface area contributed by atoms with Crippen LogP contribution in [0.5, 0.6) is 0 Å². The van der Waals surface area contributed by atoms with Crippen LogP contribution < -0.4 is 0 Å². The monoisotopic (exact) mass is 442 g/mol. The van der Waals surface area contributed by atoms with Gasteiger partial charge in [0.05, 0.1) is 12.7 Å². The molecule has 5 aliphatic rings. The Hall–Kier alpha value is -0.340. The minimum absolute atomic E-state index is 0.0344. The molecule has 182 valence electrons. The highest BCUT2D eigenvalue weighted by Crippen LogP contribution is 2.77. The smallest absolute Gasteiger partial charge is 0.0641 e. The van der Waals surface area contributed by atoms with Crippen LogP contribution in [0.1, 0.15) is 106 Å². The summed E-state index contributed by atoms with van der Waals surface area (Å²) in [6.45, 7) is 19.8. The van der Waals surface area contributed by atoms with E-state index in [1.165, 1.54) is 57.8 Å². The first kappa shape index (κ1) is 23.4. The average Bonchev–Trinajstić information content (AvgIpc) is 3.09. The van der Waals surface area contributed by atoms with Crippen molar-refractivity contribution in [3.05, 3.63) is 12.2 Å². The third kappa shape index (κ3) is 2.72. The summed E-state index contributed by atoms with van der Waals surface area (Å²) in [4.78, 5) is 0. The summed E-state index contributed by atoms with van der Waals surface area (Å²) in [6.07, 6.45) is 12.7. The molecular weight excluding hydrogens is 392 g/mol. The summed E-state index contributed by atoms with van der Waals surface area (Å²) in [6, 6.07) is 0. The zero-order valence-corrected chi connectivity index (χ0v) is 21.8. The largest absolute Gasteiger partial charge is 0.393 e. The molecule has 5 fully saturated rings. The highest BCUT2D eigenvalue weighted by atomic mass is 16.3. The van der Waals surface area contributed by atoms with Crippen molar-refractivity contribution in [1.82, 2.24) is 0 Å². The summed E-state index contributed by atoms with van der Waals surface area (Å²) < 4.78 is 0. The lowest BCUT2D eigenvalue weighted by atomic mass is 9.32.